The molecule has 2 unspecified atom stereocenters. The van der Waals surface area contributed by atoms with Gasteiger partial charge in [0.05, 0.1) is 6.10 Å². The van der Waals surface area contributed by atoms with Crippen molar-refractivity contribution in [3.63, 3.8) is 0 Å². The van der Waals surface area contributed by atoms with Crippen molar-refractivity contribution in [2.45, 2.75) is 25.5 Å². The molecule has 0 bridgehead atoms. The van der Waals surface area contributed by atoms with Gasteiger partial charge in [0, 0.05) is 26.8 Å². The SMILES string of the molecule is COCCC1CCN(Cc2ccccc2)CC1O. The zero-order valence-electron chi connectivity index (χ0n) is 11.1. The van der Waals surface area contributed by atoms with Gasteiger partial charge < -0.3 is 9.84 Å². The number of rotatable bonds is 5. The number of likely N-dealkylation sites (tertiary alicyclic amines) is 1. The highest BCUT2D eigenvalue weighted by Gasteiger charge is 2.27. The predicted molar refractivity (Wildman–Crippen MR) is 72.3 cm³/mol. The molecule has 1 saturated heterocycles. The van der Waals surface area contributed by atoms with Crippen LogP contribution in [0.1, 0.15) is 18.4 Å². The van der Waals surface area contributed by atoms with E-state index in [1.54, 1.807) is 7.11 Å². The van der Waals surface area contributed by atoms with Crippen LogP contribution in [0.2, 0.25) is 0 Å². The molecule has 1 N–H and O–H groups in total. The fourth-order valence-electron chi connectivity index (χ4n) is 2.64. The fraction of sp³-hybridized carbons (Fsp3) is 0.600. The van der Waals surface area contributed by atoms with Crippen LogP contribution in [-0.2, 0) is 11.3 Å². The number of ether oxygens (including phenoxy) is 1. The molecule has 1 fully saturated rings. The largest absolute Gasteiger partial charge is 0.392 e. The van der Waals surface area contributed by atoms with Crippen LogP contribution in [0.25, 0.3) is 0 Å². The number of aliphatic hydroxyl groups is 1. The first-order valence-electron chi connectivity index (χ1n) is 6.73. The van der Waals surface area contributed by atoms with Crippen LogP contribution in [0.5, 0.6) is 0 Å². The van der Waals surface area contributed by atoms with Crippen molar-refractivity contribution in [1.82, 2.24) is 4.90 Å². The van der Waals surface area contributed by atoms with Crippen molar-refractivity contribution in [3.05, 3.63) is 35.9 Å². The van der Waals surface area contributed by atoms with Gasteiger partial charge in [-0.15, -0.1) is 0 Å². The summed E-state index contributed by atoms with van der Waals surface area (Å²) in [5.41, 5.74) is 1.32. The number of methoxy groups -OCH3 is 1. The average Bonchev–Trinajstić information content (AvgIpc) is 2.39. The normalized spacial score (nSPS) is 25.2. The van der Waals surface area contributed by atoms with Crippen LogP contribution in [0.15, 0.2) is 30.3 Å². The molecule has 3 heteroatoms. The Morgan fingerprint density at radius 2 is 2.11 bits per heavy atom. The van der Waals surface area contributed by atoms with E-state index in [9.17, 15) is 5.11 Å². The Morgan fingerprint density at radius 1 is 1.33 bits per heavy atom. The highest BCUT2D eigenvalue weighted by atomic mass is 16.5. The fourth-order valence-corrected chi connectivity index (χ4v) is 2.64. The number of nitrogens with zero attached hydrogens (tertiary/aromatic N) is 1. The molecule has 0 spiro atoms. The van der Waals surface area contributed by atoms with Crippen molar-refractivity contribution in [2.75, 3.05) is 26.8 Å². The number of benzene rings is 1. The molecule has 2 rings (SSSR count). The molecule has 1 aliphatic rings. The highest BCUT2D eigenvalue weighted by Crippen LogP contribution is 2.22. The number of hydrogen-bond acceptors (Lipinski definition) is 3. The molecule has 0 amide bonds. The summed E-state index contributed by atoms with van der Waals surface area (Å²) in [5.74, 6) is 0.400. The van der Waals surface area contributed by atoms with Crippen molar-refractivity contribution in [2.24, 2.45) is 5.92 Å². The molecule has 1 heterocycles. The Hall–Kier alpha value is -0.900. The third kappa shape index (κ3) is 3.80. The summed E-state index contributed by atoms with van der Waals surface area (Å²) in [6, 6.07) is 10.5. The average molecular weight is 249 g/mol. The molecule has 1 aliphatic heterocycles. The maximum Gasteiger partial charge on any atom is 0.0696 e. The summed E-state index contributed by atoms with van der Waals surface area (Å²) in [4.78, 5) is 2.34. The topological polar surface area (TPSA) is 32.7 Å². The smallest absolute Gasteiger partial charge is 0.0696 e. The summed E-state index contributed by atoms with van der Waals surface area (Å²) in [7, 11) is 1.72. The van der Waals surface area contributed by atoms with E-state index in [0.717, 1.165) is 39.1 Å². The maximum atomic E-state index is 10.1. The Morgan fingerprint density at radius 3 is 2.78 bits per heavy atom. The van der Waals surface area contributed by atoms with E-state index >= 15 is 0 Å². The van der Waals surface area contributed by atoms with Crippen molar-refractivity contribution in [3.8, 4) is 0 Å². The number of β-amino-alcohol motifs (C(OH)–C–C–N with tert-alkyl or cyclic N) is 1. The van der Waals surface area contributed by atoms with Gasteiger partial charge in [0.15, 0.2) is 0 Å². The first kappa shape index (κ1) is 13.5. The molecule has 18 heavy (non-hydrogen) atoms. The van der Waals surface area contributed by atoms with E-state index in [1.807, 2.05) is 6.07 Å². The van der Waals surface area contributed by atoms with E-state index in [0.29, 0.717) is 5.92 Å². The van der Waals surface area contributed by atoms with Crippen LogP contribution in [0.4, 0.5) is 0 Å². The van der Waals surface area contributed by atoms with Gasteiger partial charge in [0.2, 0.25) is 0 Å². The second kappa shape index (κ2) is 6.88. The van der Waals surface area contributed by atoms with Gasteiger partial charge in [0.1, 0.15) is 0 Å². The lowest BCUT2D eigenvalue weighted by Gasteiger charge is -2.36. The second-order valence-electron chi connectivity index (χ2n) is 5.12. The number of hydrogen-bond donors (Lipinski definition) is 1. The molecular weight excluding hydrogens is 226 g/mol. The van der Waals surface area contributed by atoms with Crippen molar-refractivity contribution in [1.29, 1.82) is 0 Å². The third-order valence-electron chi connectivity index (χ3n) is 3.75. The second-order valence-corrected chi connectivity index (χ2v) is 5.12. The molecule has 100 valence electrons. The molecule has 2 atom stereocenters. The molecule has 0 radical (unpaired) electrons. The molecule has 1 aromatic rings. The van der Waals surface area contributed by atoms with Crippen LogP contribution >= 0.6 is 0 Å². The maximum absolute atomic E-state index is 10.1. The molecule has 1 aromatic carbocycles. The number of aliphatic hydroxyl groups excluding tert-OH is 1. The zero-order chi connectivity index (χ0) is 12.8. The minimum atomic E-state index is -0.211. The number of piperidine rings is 1. The van der Waals surface area contributed by atoms with E-state index in [2.05, 4.69) is 29.2 Å². The van der Waals surface area contributed by atoms with Crippen molar-refractivity contribution >= 4 is 0 Å². The molecule has 0 aliphatic carbocycles. The first-order chi connectivity index (χ1) is 8.79. The lowest BCUT2D eigenvalue weighted by atomic mass is 9.91. The Bertz CT molecular complexity index is 342. The van der Waals surface area contributed by atoms with Gasteiger partial charge in [-0.2, -0.15) is 0 Å². The first-order valence-corrected chi connectivity index (χ1v) is 6.73. The van der Waals surface area contributed by atoms with Gasteiger partial charge >= 0.3 is 0 Å². The Kier molecular flexibility index (Phi) is 5.17. The predicted octanol–water partition coefficient (Wildman–Crippen LogP) is 1.91. The summed E-state index contributed by atoms with van der Waals surface area (Å²) < 4.78 is 5.09. The van der Waals surface area contributed by atoms with Crippen LogP contribution in [0.3, 0.4) is 0 Å². The van der Waals surface area contributed by atoms with E-state index < -0.39 is 0 Å². The summed E-state index contributed by atoms with van der Waals surface area (Å²) in [5, 5.41) is 10.1. The van der Waals surface area contributed by atoms with E-state index in [1.165, 1.54) is 5.56 Å². The Balaban J connectivity index is 1.81. The third-order valence-corrected chi connectivity index (χ3v) is 3.75. The lowest BCUT2D eigenvalue weighted by Crippen LogP contribution is -2.43. The summed E-state index contributed by atoms with van der Waals surface area (Å²) in [6.45, 7) is 3.54. The zero-order valence-corrected chi connectivity index (χ0v) is 11.1. The minimum absolute atomic E-state index is 0.211. The van der Waals surface area contributed by atoms with E-state index in [-0.39, 0.29) is 6.10 Å². The van der Waals surface area contributed by atoms with Gasteiger partial charge in [-0.3, -0.25) is 4.90 Å². The van der Waals surface area contributed by atoms with Gasteiger partial charge in [-0.1, -0.05) is 30.3 Å². The molecule has 0 saturated carbocycles. The summed E-state index contributed by atoms with van der Waals surface area (Å²) >= 11 is 0. The Labute approximate surface area is 109 Å². The van der Waals surface area contributed by atoms with Gasteiger partial charge in [-0.25, -0.2) is 0 Å². The summed E-state index contributed by atoms with van der Waals surface area (Å²) in [6.07, 6.45) is 1.83. The molecule has 3 nitrogen and oxygen atoms in total. The minimum Gasteiger partial charge on any atom is -0.392 e. The molecule has 0 aromatic heterocycles. The lowest BCUT2D eigenvalue weighted by molar-refractivity contribution is 0.00589. The van der Waals surface area contributed by atoms with Gasteiger partial charge in [0.25, 0.3) is 0 Å². The van der Waals surface area contributed by atoms with Crippen molar-refractivity contribution < 1.29 is 9.84 Å². The van der Waals surface area contributed by atoms with Crippen LogP contribution in [0, 0.1) is 5.92 Å². The van der Waals surface area contributed by atoms with E-state index in [4.69, 9.17) is 4.74 Å². The van der Waals surface area contributed by atoms with Crippen LogP contribution in [-0.4, -0.2) is 42.9 Å². The highest BCUT2D eigenvalue weighted by molar-refractivity contribution is 5.14. The van der Waals surface area contributed by atoms with Crippen LogP contribution < -0.4 is 0 Å². The quantitative estimate of drug-likeness (QED) is 0.865. The molecular formula is C15H23NO2. The standard InChI is InChI=1S/C15H23NO2/c1-18-10-8-14-7-9-16(12-15(14)17)11-13-5-3-2-4-6-13/h2-6,14-15,17H,7-12H2,1H3. The monoisotopic (exact) mass is 249 g/mol. The van der Waals surface area contributed by atoms with Gasteiger partial charge in [-0.05, 0) is 30.9 Å².